The largest absolute Gasteiger partial charge is 0.497 e. The first kappa shape index (κ1) is 24.0. The topological polar surface area (TPSA) is 75.1 Å². The number of ether oxygens (including phenoxy) is 2. The first-order chi connectivity index (χ1) is 12.3. The third-order valence-corrected chi connectivity index (χ3v) is 5.83. The Labute approximate surface area is 180 Å². The van der Waals surface area contributed by atoms with Gasteiger partial charge in [-0.1, -0.05) is 26.0 Å². The predicted molar refractivity (Wildman–Crippen MR) is 120 cm³/mol. The molecule has 7 heteroatoms. The molecular formula is C20H34IN3O3. The van der Waals surface area contributed by atoms with Crippen LogP contribution in [0.15, 0.2) is 29.3 Å². The van der Waals surface area contributed by atoms with Crippen molar-refractivity contribution in [1.82, 2.24) is 10.6 Å². The zero-order valence-corrected chi connectivity index (χ0v) is 19.5. The normalized spacial score (nSPS) is 25.0. The van der Waals surface area contributed by atoms with Crippen molar-refractivity contribution in [3.63, 3.8) is 0 Å². The van der Waals surface area contributed by atoms with E-state index in [4.69, 9.17) is 9.47 Å². The van der Waals surface area contributed by atoms with Crippen LogP contribution in [0, 0.1) is 5.41 Å². The maximum Gasteiger partial charge on any atom is 0.191 e. The highest BCUT2D eigenvalue weighted by atomic mass is 127. The van der Waals surface area contributed by atoms with E-state index in [2.05, 4.69) is 36.4 Å². The van der Waals surface area contributed by atoms with Gasteiger partial charge in [-0.05, 0) is 38.0 Å². The van der Waals surface area contributed by atoms with Crippen LogP contribution in [-0.4, -0.2) is 50.0 Å². The average Bonchev–Trinajstić information content (AvgIpc) is 2.65. The molecule has 0 bridgehead atoms. The maximum atomic E-state index is 10.4. The Bertz CT molecular complexity index is 639. The summed E-state index contributed by atoms with van der Waals surface area (Å²) in [6, 6.07) is 7.70. The minimum atomic E-state index is -0.681. The van der Waals surface area contributed by atoms with Crippen molar-refractivity contribution >= 4 is 29.9 Å². The van der Waals surface area contributed by atoms with E-state index in [0.29, 0.717) is 5.96 Å². The highest BCUT2D eigenvalue weighted by Crippen LogP contribution is 2.51. The number of halogens is 1. The van der Waals surface area contributed by atoms with Crippen molar-refractivity contribution in [3.8, 4) is 5.75 Å². The fourth-order valence-corrected chi connectivity index (χ4v) is 3.34. The van der Waals surface area contributed by atoms with Gasteiger partial charge in [-0.3, -0.25) is 4.99 Å². The van der Waals surface area contributed by atoms with Crippen molar-refractivity contribution in [1.29, 1.82) is 0 Å². The van der Waals surface area contributed by atoms with Crippen molar-refractivity contribution in [2.75, 3.05) is 27.3 Å². The van der Waals surface area contributed by atoms with E-state index < -0.39 is 6.10 Å². The molecular weight excluding hydrogens is 457 g/mol. The molecule has 154 valence electrons. The van der Waals surface area contributed by atoms with E-state index in [0.717, 1.165) is 24.3 Å². The molecule has 27 heavy (non-hydrogen) atoms. The van der Waals surface area contributed by atoms with Gasteiger partial charge < -0.3 is 25.2 Å². The number of aliphatic hydroxyl groups excluding tert-OH is 1. The second-order valence-corrected chi connectivity index (χ2v) is 7.57. The molecule has 3 atom stereocenters. The van der Waals surface area contributed by atoms with Gasteiger partial charge in [-0.15, -0.1) is 24.0 Å². The van der Waals surface area contributed by atoms with E-state index in [-0.39, 0.29) is 47.6 Å². The van der Waals surface area contributed by atoms with Crippen LogP contribution in [0.4, 0.5) is 0 Å². The van der Waals surface area contributed by atoms with Crippen LogP contribution in [0.3, 0.4) is 0 Å². The summed E-state index contributed by atoms with van der Waals surface area (Å²) in [7, 11) is 3.38. The maximum absolute atomic E-state index is 10.4. The van der Waals surface area contributed by atoms with Crippen LogP contribution in [0.1, 0.15) is 45.8 Å². The summed E-state index contributed by atoms with van der Waals surface area (Å²) in [6.45, 7) is 9.61. The van der Waals surface area contributed by atoms with Crippen molar-refractivity contribution in [2.45, 2.75) is 51.9 Å². The summed E-state index contributed by atoms with van der Waals surface area (Å²) >= 11 is 0. The van der Waals surface area contributed by atoms with E-state index >= 15 is 0 Å². The quantitative estimate of drug-likeness (QED) is 0.311. The van der Waals surface area contributed by atoms with Gasteiger partial charge in [0.05, 0.1) is 25.4 Å². The Morgan fingerprint density at radius 2 is 2.04 bits per heavy atom. The monoisotopic (exact) mass is 491 g/mol. The van der Waals surface area contributed by atoms with E-state index in [1.54, 1.807) is 14.2 Å². The molecule has 0 heterocycles. The van der Waals surface area contributed by atoms with Crippen LogP contribution in [0.5, 0.6) is 5.75 Å². The van der Waals surface area contributed by atoms with E-state index in [1.807, 2.05) is 31.2 Å². The molecule has 1 aliphatic rings. The summed E-state index contributed by atoms with van der Waals surface area (Å²) in [6.07, 6.45) is 0.235. The molecule has 0 aliphatic heterocycles. The number of nitrogens with zero attached hydrogens (tertiary/aromatic N) is 1. The highest BCUT2D eigenvalue weighted by molar-refractivity contribution is 14.0. The molecule has 2 rings (SSSR count). The molecule has 1 aromatic rings. The number of nitrogens with one attached hydrogen (secondary N) is 2. The lowest BCUT2D eigenvalue weighted by atomic mass is 9.56. The average molecular weight is 491 g/mol. The van der Waals surface area contributed by atoms with Crippen LogP contribution in [0.2, 0.25) is 0 Å². The Morgan fingerprint density at radius 1 is 1.33 bits per heavy atom. The van der Waals surface area contributed by atoms with E-state index in [1.165, 1.54) is 0 Å². The summed E-state index contributed by atoms with van der Waals surface area (Å²) < 4.78 is 10.9. The standard InChI is InChI=1S/C20H33N3O3.HI/c1-7-21-18(23-17-12-20(4,26-6)19(17,2)3)22-13-16(24)14-9-8-10-15(11-14)25-5;/h8-11,16-17,24H,7,12-13H2,1-6H3,(H2,21,22,23);1H. The number of aliphatic hydroxyl groups is 1. The minimum absolute atomic E-state index is 0. The summed E-state index contributed by atoms with van der Waals surface area (Å²) in [4.78, 5) is 4.57. The van der Waals surface area contributed by atoms with Gasteiger partial charge in [0, 0.05) is 25.1 Å². The van der Waals surface area contributed by atoms with Crippen LogP contribution < -0.4 is 15.4 Å². The third-order valence-electron chi connectivity index (χ3n) is 5.83. The van der Waals surface area contributed by atoms with Crippen molar-refractivity contribution in [3.05, 3.63) is 29.8 Å². The lowest BCUT2D eigenvalue weighted by molar-refractivity contribution is -0.176. The molecule has 1 saturated carbocycles. The predicted octanol–water partition coefficient (Wildman–Crippen LogP) is 3.11. The van der Waals surface area contributed by atoms with Gasteiger partial charge in [0.2, 0.25) is 0 Å². The number of methoxy groups -OCH3 is 2. The van der Waals surface area contributed by atoms with Crippen LogP contribution in [-0.2, 0) is 4.74 Å². The van der Waals surface area contributed by atoms with Crippen molar-refractivity contribution in [2.24, 2.45) is 10.4 Å². The first-order valence-electron chi connectivity index (χ1n) is 9.19. The Balaban J connectivity index is 0.00000364. The molecule has 0 spiro atoms. The fraction of sp³-hybridized carbons (Fsp3) is 0.650. The van der Waals surface area contributed by atoms with Gasteiger partial charge in [0.25, 0.3) is 0 Å². The summed E-state index contributed by atoms with van der Waals surface area (Å²) in [5.41, 5.74) is 0.644. The van der Waals surface area contributed by atoms with Crippen molar-refractivity contribution < 1.29 is 14.6 Å². The molecule has 1 aliphatic carbocycles. The molecule has 1 fully saturated rings. The Morgan fingerprint density at radius 3 is 2.59 bits per heavy atom. The van der Waals surface area contributed by atoms with Gasteiger partial charge in [-0.25, -0.2) is 0 Å². The smallest absolute Gasteiger partial charge is 0.191 e. The van der Waals surface area contributed by atoms with Gasteiger partial charge in [0.1, 0.15) is 5.75 Å². The molecule has 0 saturated heterocycles. The Kier molecular flexibility index (Phi) is 8.82. The molecule has 1 aromatic carbocycles. The zero-order valence-electron chi connectivity index (χ0n) is 17.2. The lowest BCUT2D eigenvalue weighted by Crippen LogP contribution is -2.69. The lowest BCUT2D eigenvalue weighted by Gasteiger charge is -2.59. The number of aliphatic imine (C=N–C) groups is 1. The number of hydrogen-bond acceptors (Lipinski definition) is 4. The Hall–Kier alpha value is -1.06. The number of benzene rings is 1. The zero-order chi connectivity index (χ0) is 19.4. The second-order valence-electron chi connectivity index (χ2n) is 7.57. The number of hydrogen-bond donors (Lipinski definition) is 3. The minimum Gasteiger partial charge on any atom is -0.497 e. The molecule has 3 unspecified atom stereocenters. The third kappa shape index (κ3) is 5.26. The van der Waals surface area contributed by atoms with Gasteiger partial charge in [0.15, 0.2) is 5.96 Å². The molecule has 0 aromatic heterocycles. The molecule has 3 N–H and O–H groups in total. The first-order valence-corrected chi connectivity index (χ1v) is 9.19. The fourth-order valence-electron chi connectivity index (χ4n) is 3.34. The van der Waals surface area contributed by atoms with Gasteiger partial charge >= 0.3 is 0 Å². The van der Waals surface area contributed by atoms with E-state index in [9.17, 15) is 5.11 Å². The SMILES string of the molecule is CCNC(=NCC(O)c1cccc(OC)c1)NC1CC(C)(OC)C1(C)C.I. The highest BCUT2D eigenvalue weighted by Gasteiger charge is 2.58. The molecule has 0 amide bonds. The molecule has 0 radical (unpaired) electrons. The van der Waals surface area contributed by atoms with Crippen LogP contribution in [0.25, 0.3) is 0 Å². The summed E-state index contributed by atoms with van der Waals surface area (Å²) in [5, 5.41) is 17.2. The number of guanidine groups is 1. The number of rotatable bonds is 7. The molecule has 6 nitrogen and oxygen atoms in total. The second kappa shape index (κ2) is 9.93. The van der Waals surface area contributed by atoms with Gasteiger partial charge in [-0.2, -0.15) is 0 Å². The van der Waals surface area contributed by atoms with Crippen LogP contribution >= 0.6 is 24.0 Å². The summed E-state index contributed by atoms with van der Waals surface area (Å²) in [5.74, 6) is 1.44.